The van der Waals surface area contributed by atoms with Crippen molar-refractivity contribution in [3.05, 3.63) is 24.3 Å². The molecule has 96 valence electrons. The quantitative estimate of drug-likeness (QED) is 0.847. The van der Waals surface area contributed by atoms with E-state index in [0.717, 1.165) is 0 Å². The van der Waals surface area contributed by atoms with Crippen LogP contribution in [-0.2, 0) is 9.59 Å². The van der Waals surface area contributed by atoms with Gasteiger partial charge in [-0.1, -0.05) is 6.07 Å². The highest BCUT2D eigenvalue weighted by Gasteiger charge is 2.36. The molecule has 1 fully saturated rings. The average Bonchev–Trinajstić information content (AvgIpc) is 2.37. The molecule has 2 atom stereocenters. The zero-order chi connectivity index (χ0) is 13.3. The summed E-state index contributed by atoms with van der Waals surface area (Å²) in [6.45, 7) is 3.39. The van der Waals surface area contributed by atoms with Crippen molar-refractivity contribution in [2.24, 2.45) is 0 Å². The van der Waals surface area contributed by atoms with E-state index in [2.05, 4.69) is 5.32 Å². The third-order valence-electron chi connectivity index (χ3n) is 3.06. The maximum absolute atomic E-state index is 12.2. The molecule has 0 radical (unpaired) electrons. The van der Waals surface area contributed by atoms with Crippen LogP contribution in [0.15, 0.2) is 24.3 Å². The molecule has 1 aromatic carbocycles. The molecule has 1 heterocycles. The smallest absolute Gasteiger partial charge is 0.250 e. The van der Waals surface area contributed by atoms with Crippen LogP contribution >= 0.6 is 0 Å². The predicted octanol–water partition coefficient (Wildman–Crippen LogP) is 0.935. The topological polar surface area (TPSA) is 58.6 Å². The monoisotopic (exact) mass is 248 g/mol. The second kappa shape index (κ2) is 4.68. The summed E-state index contributed by atoms with van der Waals surface area (Å²) >= 11 is 0. The van der Waals surface area contributed by atoms with E-state index in [0.29, 0.717) is 11.4 Å². The lowest BCUT2D eigenvalue weighted by Crippen LogP contribution is -2.61. The normalized spacial score (nSPS) is 23.8. The van der Waals surface area contributed by atoms with Crippen molar-refractivity contribution in [1.82, 2.24) is 5.32 Å². The standard InChI is InChI=1S/C13H16N2O3/c1-8-13(17)15(9(2)12(16)14-8)10-5-4-6-11(7-10)18-3/h4-9H,1-3H3,(H,14,16). The molecule has 1 aromatic rings. The Hall–Kier alpha value is -2.04. The summed E-state index contributed by atoms with van der Waals surface area (Å²) in [6, 6.07) is 6.13. The lowest BCUT2D eigenvalue weighted by atomic mass is 10.1. The highest BCUT2D eigenvalue weighted by molar-refractivity contribution is 6.08. The van der Waals surface area contributed by atoms with Crippen LogP contribution in [0.2, 0.25) is 0 Å². The van der Waals surface area contributed by atoms with Gasteiger partial charge in [-0.15, -0.1) is 0 Å². The van der Waals surface area contributed by atoms with Crippen molar-refractivity contribution in [2.45, 2.75) is 25.9 Å². The number of nitrogens with zero attached hydrogens (tertiary/aromatic N) is 1. The maximum Gasteiger partial charge on any atom is 0.250 e. The van der Waals surface area contributed by atoms with Crippen LogP contribution < -0.4 is 15.0 Å². The van der Waals surface area contributed by atoms with Gasteiger partial charge < -0.3 is 10.1 Å². The number of amides is 2. The van der Waals surface area contributed by atoms with Gasteiger partial charge in [0.05, 0.1) is 7.11 Å². The largest absolute Gasteiger partial charge is 0.497 e. The van der Waals surface area contributed by atoms with Gasteiger partial charge in [-0.25, -0.2) is 0 Å². The van der Waals surface area contributed by atoms with Crippen LogP contribution in [0.1, 0.15) is 13.8 Å². The number of rotatable bonds is 2. The molecule has 0 saturated carbocycles. The Labute approximate surface area is 106 Å². The summed E-state index contributed by atoms with van der Waals surface area (Å²) in [5, 5.41) is 2.65. The average molecular weight is 248 g/mol. The zero-order valence-electron chi connectivity index (χ0n) is 10.6. The summed E-state index contributed by atoms with van der Waals surface area (Å²) < 4.78 is 5.13. The SMILES string of the molecule is COc1cccc(N2C(=O)C(C)NC(=O)C2C)c1. The van der Waals surface area contributed by atoms with Gasteiger partial charge >= 0.3 is 0 Å². The summed E-state index contributed by atoms with van der Waals surface area (Å²) in [7, 11) is 1.57. The predicted molar refractivity (Wildman–Crippen MR) is 67.5 cm³/mol. The number of methoxy groups -OCH3 is 1. The molecule has 2 rings (SSSR count). The number of piperazine rings is 1. The first-order chi connectivity index (χ1) is 8.54. The van der Waals surface area contributed by atoms with Crippen molar-refractivity contribution >= 4 is 17.5 Å². The Morgan fingerprint density at radius 1 is 1.28 bits per heavy atom. The molecule has 0 aromatic heterocycles. The zero-order valence-corrected chi connectivity index (χ0v) is 10.6. The molecule has 0 spiro atoms. The van der Waals surface area contributed by atoms with Crippen LogP contribution in [0.5, 0.6) is 5.75 Å². The number of anilines is 1. The minimum Gasteiger partial charge on any atom is -0.497 e. The van der Waals surface area contributed by atoms with Gasteiger partial charge in [0, 0.05) is 11.8 Å². The van der Waals surface area contributed by atoms with E-state index in [1.165, 1.54) is 4.90 Å². The van der Waals surface area contributed by atoms with Crippen molar-refractivity contribution < 1.29 is 14.3 Å². The molecular weight excluding hydrogens is 232 g/mol. The minimum atomic E-state index is -0.513. The number of benzene rings is 1. The Morgan fingerprint density at radius 3 is 2.67 bits per heavy atom. The van der Waals surface area contributed by atoms with Gasteiger partial charge in [-0.3, -0.25) is 14.5 Å². The Bertz CT molecular complexity index is 487. The number of hydrogen-bond acceptors (Lipinski definition) is 3. The van der Waals surface area contributed by atoms with Crippen LogP contribution in [0.4, 0.5) is 5.69 Å². The second-order valence-corrected chi connectivity index (χ2v) is 4.32. The van der Waals surface area contributed by atoms with E-state index in [-0.39, 0.29) is 11.8 Å². The van der Waals surface area contributed by atoms with Gasteiger partial charge in [0.1, 0.15) is 17.8 Å². The van der Waals surface area contributed by atoms with Crippen molar-refractivity contribution in [3.63, 3.8) is 0 Å². The van der Waals surface area contributed by atoms with Crippen molar-refractivity contribution in [3.8, 4) is 5.75 Å². The molecule has 1 aliphatic rings. The van der Waals surface area contributed by atoms with E-state index < -0.39 is 12.1 Å². The number of carbonyl (C=O) groups excluding carboxylic acids is 2. The summed E-state index contributed by atoms with van der Waals surface area (Å²) in [6.07, 6.45) is 0. The number of carbonyl (C=O) groups is 2. The first-order valence-electron chi connectivity index (χ1n) is 5.82. The van der Waals surface area contributed by atoms with Gasteiger partial charge in [0.15, 0.2) is 0 Å². The van der Waals surface area contributed by atoms with Crippen LogP contribution in [-0.4, -0.2) is 31.0 Å². The second-order valence-electron chi connectivity index (χ2n) is 4.32. The summed E-state index contributed by atoms with van der Waals surface area (Å²) in [5.41, 5.74) is 0.675. The molecule has 0 aliphatic carbocycles. The fourth-order valence-electron chi connectivity index (χ4n) is 2.02. The van der Waals surface area contributed by atoms with Crippen molar-refractivity contribution in [1.29, 1.82) is 0 Å². The molecule has 5 heteroatoms. The van der Waals surface area contributed by atoms with E-state index in [9.17, 15) is 9.59 Å². The molecule has 1 aliphatic heterocycles. The summed E-state index contributed by atoms with van der Waals surface area (Å²) in [4.78, 5) is 25.4. The van der Waals surface area contributed by atoms with Crippen LogP contribution in [0.3, 0.4) is 0 Å². The fraction of sp³-hybridized carbons (Fsp3) is 0.385. The van der Waals surface area contributed by atoms with E-state index >= 15 is 0 Å². The fourth-order valence-corrected chi connectivity index (χ4v) is 2.02. The van der Waals surface area contributed by atoms with Crippen molar-refractivity contribution in [2.75, 3.05) is 12.0 Å². The third kappa shape index (κ3) is 2.03. The number of hydrogen-bond donors (Lipinski definition) is 1. The maximum atomic E-state index is 12.2. The first kappa shape index (κ1) is 12.4. The molecule has 1 N–H and O–H groups in total. The first-order valence-corrected chi connectivity index (χ1v) is 5.82. The molecule has 2 unspecified atom stereocenters. The molecule has 5 nitrogen and oxygen atoms in total. The lowest BCUT2D eigenvalue weighted by Gasteiger charge is -2.36. The minimum absolute atomic E-state index is 0.115. The van der Waals surface area contributed by atoms with Gasteiger partial charge in [-0.2, -0.15) is 0 Å². The number of ether oxygens (including phenoxy) is 1. The highest BCUT2D eigenvalue weighted by atomic mass is 16.5. The van der Waals surface area contributed by atoms with Gasteiger partial charge in [-0.05, 0) is 26.0 Å². The van der Waals surface area contributed by atoms with Crippen LogP contribution in [0.25, 0.3) is 0 Å². The summed E-state index contributed by atoms with van der Waals surface area (Å²) in [5.74, 6) is 0.395. The lowest BCUT2D eigenvalue weighted by molar-refractivity contribution is -0.133. The highest BCUT2D eigenvalue weighted by Crippen LogP contribution is 2.25. The number of nitrogens with one attached hydrogen (secondary N) is 1. The van der Waals surface area contributed by atoms with E-state index in [1.54, 1.807) is 45.2 Å². The Morgan fingerprint density at radius 2 is 2.00 bits per heavy atom. The van der Waals surface area contributed by atoms with Gasteiger partial charge in [0.25, 0.3) is 0 Å². The molecule has 1 saturated heterocycles. The van der Waals surface area contributed by atoms with E-state index in [1.807, 2.05) is 0 Å². The molecular formula is C13H16N2O3. The van der Waals surface area contributed by atoms with E-state index in [4.69, 9.17) is 4.74 Å². The molecule has 0 bridgehead atoms. The van der Waals surface area contributed by atoms with Gasteiger partial charge in [0.2, 0.25) is 11.8 Å². The Balaban J connectivity index is 2.39. The molecule has 18 heavy (non-hydrogen) atoms. The molecule has 2 amide bonds. The third-order valence-corrected chi connectivity index (χ3v) is 3.06. The van der Waals surface area contributed by atoms with Crippen LogP contribution in [0, 0.1) is 0 Å². The Kier molecular flexibility index (Phi) is 3.23.